The number of rotatable bonds is 4. The molecule has 0 spiro atoms. The molecule has 0 saturated heterocycles. The second kappa shape index (κ2) is 5.99. The van der Waals surface area contributed by atoms with E-state index in [1.165, 1.54) is 18.9 Å². The maximum atomic E-state index is 13.5. The maximum absolute atomic E-state index is 13.5. The molecule has 0 aliphatic heterocycles. The van der Waals surface area contributed by atoms with Crippen molar-refractivity contribution in [1.82, 2.24) is 4.90 Å². The van der Waals surface area contributed by atoms with E-state index in [0.717, 1.165) is 12.1 Å². The minimum absolute atomic E-state index is 0.0126. The molecule has 0 aromatic heterocycles. The van der Waals surface area contributed by atoms with Gasteiger partial charge in [0.25, 0.3) is 0 Å². The smallest absolute Gasteiger partial charge is 0.138 e. The molecule has 2 nitrogen and oxygen atoms in total. The Hall–Kier alpha value is -1.37. The maximum Gasteiger partial charge on any atom is 0.138 e. The summed E-state index contributed by atoms with van der Waals surface area (Å²) in [4.78, 5) is 2.29. The van der Waals surface area contributed by atoms with Crippen LogP contribution in [0.15, 0.2) is 18.2 Å². The molecule has 96 valence electrons. The molecule has 18 heavy (non-hydrogen) atoms. The van der Waals surface area contributed by atoms with Gasteiger partial charge in [0.2, 0.25) is 0 Å². The van der Waals surface area contributed by atoms with Gasteiger partial charge in [-0.3, -0.25) is 4.90 Å². The Kier molecular flexibility index (Phi) is 4.35. The van der Waals surface area contributed by atoms with Crippen LogP contribution >= 0.6 is 0 Å². The van der Waals surface area contributed by atoms with Crippen molar-refractivity contribution in [2.24, 2.45) is 0 Å². The molecule has 0 amide bonds. The van der Waals surface area contributed by atoms with Crippen molar-refractivity contribution in [2.45, 2.75) is 31.8 Å². The Labute approximate surface area is 107 Å². The molecular weight excluding hydrogens is 229 g/mol. The van der Waals surface area contributed by atoms with Crippen LogP contribution in [0.25, 0.3) is 0 Å². The van der Waals surface area contributed by atoms with Gasteiger partial charge in [-0.25, -0.2) is 4.39 Å². The van der Waals surface area contributed by atoms with Crippen LogP contribution in [0.4, 0.5) is 4.39 Å². The molecule has 0 unspecified atom stereocenters. The molecule has 3 heteroatoms. The normalized spacial score (nSPS) is 14.4. The SMILES string of the molecule is CN(Cc1ccc(F)c(C#CCCO)c1)C1CC1. The third kappa shape index (κ3) is 3.56. The Morgan fingerprint density at radius 2 is 2.22 bits per heavy atom. The van der Waals surface area contributed by atoms with Gasteiger partial charge >= 0.3 is 0 Å². The second-order valence-electron chi connectivity index (χ2n) is 4.74. The van der Waals surface area contributed by atoms with Gasteiger partial charge < -0.3 is 5.11 Å². The molecule has 0 heterocycles. The number of benzene rings is 1. The van der Waals surface area contributed by atoms with E-state index in [-0.39, 0.29) is 12.4 Å². The van der Waals surface area contributed by atoms with E-state index in [2.05, 4.69) is 23.8 Å². The van der Waals surface area contributed by atoms with Crippen molar-refractivity contribution in [1.29, 1.82) is 0 Å². The van der Waals surface area contributed by atoms with Crippen molar-refractivity contribution in [2.75, 3.05) is 13.7 Å². The van der Waals surface area contributed by atoms with Crippen LogP contribution in [0.2, 0.25) is 0 Å². The summed E-state index contributed by atoms with van der Waals surface area (Å²) in [5.74, 6) is 5.23. The predicted molar refractivity (Wildman–Crippen MR) is 69.5 cm³/mol. The highest BCUT2D eigenvalue weighted by Gasteiger charge is 2.25. The molecule has 1 aliphatic carbocycles. The van der Waals surface area contributed by atoms with Crippen molar-refractivity contribution in [3.8, 4) is 11.8 Å². The molecule has 0 radical (unpaired) electrons. The number of nitrogens with zero attached hydrogens (tertiary/aromatic N) is 1. The van der Waals surface area contributed by atoms with E-state index in [0.29, 0.717) is 18.0 Å². The lowest BCUT2D eigenvalue weighted by Crippen LogP contribution is -2.19. The lowest BCUT2D eigenvalue weighted by molar-refractivity contribution is 0.305. The highest BCUT2D eigenvalue weighted by molar-refractivity contribution is 5.38. The average molecular weight is 247 g/mol. The molecule has 1 N–H and O–H groups in total. The summed E-state index contributed by atoms with van der Waals surface area (Å²) in [6.45, 7) is 0.846. The highest BCUT2D eigenvalue weighted by atomic mass is 19.1. The largest absolute Gasteiger partial charge is 0.395 e. The van der Waals surface area contributed by atoms with E-state index < -0.39 is 0 Å². The van der Waals surface area contributed by atoms with Crippen LogP contribution in [-0.4, -0.2) is 29.7 Å². The zero-order valence-electron chi connectivity index (χ0n) is 10.6. The van der Waals surface area contributed by atoms with Crippen LogP contribution in [0, 0.1) is 17.7 Å². The summed E-state index contributed by atoms with van der Waals surface area (Å²) in [5.41, 5.74) is 1.50. The monoisotopic (exact) mass is 247 g/mol. The fraction of sp³-hybridized carbons (Fsp3) is 0.467. The molecule has 0 bridgehead atoms. The number of hydrogen-bond donors (Lipinski definition) is 1. The van der Waals surface area contributed by atoms with E-state index in [1.54, 1.807) is 6.07 Å². The first kappa shape index (κ1) is 13.1. The van der Waals surface area contributed by atoms with Crippen LogP contribution in [0.1, 0.15) is 30.4 Å². The topological polar surface area (TPSA) is 23.5 Å². The van der Waals surface area contributed by atoms with E-state index in [9.17, 15) is 4.39 Å². The third-order valence-electron chi connectivity index (χ3n) is 3.09. The molecule has 1 aliphatic rings. The summed E-state index contributed by atoms with van der Waals surface area (Å²) < 4.78 is 13.5. The summed E-state index contributed by atoms with van der Waals surface area (Å²) in [6.07, 6.45) is 2.91. The molecule has 1 aromatic carbocycles. The first-order valence-electron chi connectivity index (χ1n) is 6.29. The predicted octanol–water partition coefficient (Wildman–Crippen LogP) is 2.15. The van der Waals surface area contributed by atoms with Crippen LogP contribution in [0.5, 0.6) is 0 Å². The Balaban J connectivity index is 2.08. The van der Waals surface area contributed by atoms with Gasteiger partial charge in [-0.15, -0.1) is 0 Å². The van der Waals surface area contributed by atoms with Crippen molar-refractivity contribution >= 4 is 0 Å². The first-order valence-corrected chi connectivity index (χ1v) is 6.29. The second-order valence-corrected chi connectivity index (χ2v) is 4.74. The van der Waals surface area contributed by atoms with Crippen molar-refractivity contribution < 1.29 is 9.50 Å². The first-order chi connectivity index (χ1) is 8.70. The fourth-order valence-corrected chi connectivity index (χ4v) is 1.91. The number of aliphatic hydroxyl groups excluding tert-OH is 1. The van der Waals surface area contributed by atoms with E-state index in [4.69, 9.17) is 5.11 Å². The lowest BCUT2D eigenvalue weighted by atomic mass is 10.1. The number of hydrogen-bond acceptors (Lipinski definition) is 2. The van der Waals surface area contributed by atoms with Gasteiger partial charge in [-0.1, -0.05) is 17.9 Å². The van der Waals surface area contributed by atoms with Crippen LogP contribution in [0.3, 0.4) is 0 Å². The van der Waals surface area contributed by atoms with Gasteiger partial charge in [-0.05, 0) is 37.6 Å². The van der Waals surface area contributed by atoms with Gasteiger partial charge in [0.1, 0.15) is 5.82 Å². The average Bonchev–Trinajstić information content (AvgIpc) is 3.17. The Morgan fingerprint density at radius 1 is 1.44 bits per heavy atom. The molecule has 1 fully saturated rings. The van der Waals surface area contributed by atoms with Crippen LogP contribution < -0.4 is 0 Å². The van der Waals surface area contributed by atoms with E-state index in [1.807, 2.05) is 6.07 Å². The number of aliphatic hydroxyl groups is 1. The minimum Gasteiger partial charge on any atom is -0.395 e. The quantitative estimate of drug-likeness (QED) is 0.824. The zero-order valence-corrected chi connectivity index (χ0v) is 10.6. The standard InChI is InChI=1S/C15H18FNO/c1-17(14-6-7-14)11-12-5-8-15(16)13(10-12)4-2-3-9-18/h5,8,10,14,18H,3,6-7,9,11H2,1H3. The summed E-state index contributed by atoms with van der Waals surface area (Å²) >= 11 is 0. The van der Waals surface area contributed by atoms with E-state index >= 15 is 0 Å². The Bertz CT molecular complexity index is 471. The highest BCUT2D eigenvalue weighted by Crippen LogP contribution is 2.26. The van der Waals surface area contributed by atoms with Gasteiger partial charge in [-0.2, -0.15) is 0 Å². The molecule has 0 atom stereocenters. The zero-order chi connectivity index (χ0) is 13.0. The Morgan fingerprint density at radius 3 is 2.89 bits per heavy atom. The minimum atomic E-state index is -0.293. The van der Waals surface area contributed by atoms with Gasteiger partial charge in [0, 0.05) is 19.0 Å². The molecular formula is C15H18FNO. The van der Waals surface area contributed by atoms with Gasteiger partial charge in [0.05, 0.1) is 12.2 Å². The molecule has 1 saturated carbocycles. The summed E-state index contributed by atoms with van der Waals surface area (Å²) in [6, 6.07) is 5.78. The molecule has 1 aromatic rings. The number of halogens is 1. The van der Waals surface area contributed by atoms with Crippen molar-refractivity contribution in [3.05, 3.63) is 35.1 Å². The fourth-order valence-electron chi connectivity index (χ4n) is 1.91. The summed E-state index contributed by atoms with van der Waals surface area (Å²) in [7, 11) is 2.10. The van der Waals surface area contributed by atoms with Crippen LogP contribution in [-0.2, 0) is 6.54 Å². The molecule has 2 rings (SSSR count). The summed E-state index contributed by atoms with van der Waals surface area (Å²) in [5, 5.41) is 8.65. The third-order valence-corrected chi connectivity index (χ3v) is 3.09. The van der Waals surface area contributed by atoms with Crippen molar-refractivity contribution in [3.63, 3.8) is 0 Å². The lowest BCUT2D eigenvalue weighted by Gasteiger charge is -2.15. The van der Waals surface area contributed by atoms with Gasteiger partial charge in [0.15, 0.2) is 0 Å².